The Hall–Kier alpha value is -0.410. The van der Waals surface area contributed by atoms with E-state index in [2.05, 4.69) is 0 Å². The van der Waals surface area contributed by atoms with Crippen molar-refractivity contribution in [2.45, 2.75) is 11.8 Å². The molecule has 0 nitrogen and oxygen atoms in total. The Morgan fingerprint density at radius 3 is 2.15 bits per heavy atom. The van der Waals surface area contributed by atoms with Crippen molar-refractivity contribution in [3.05, 3.63) is 34.6 Å². The first-order valence-electron chi connectivity index (χ1n) is 3.37. The van der Waals surface area contributed by atoms with Crippen LogP contribution < -0.4 is 0 Å². The molecule has 0 fully saturated rings. The average molecular weight is 229 g/mol. The second-order valence-corrected chi connectivity index (χ2v) is 3.60. The van der Waals surface area contributed by atoms with Crippen LogP contribution in [0.2, 0.25) is 0 Å². The molecular weight excluding hydrogens is 224 g/mol. The summed E-state index contributed by atoms with van der Waals surface area (Å²) in [7, 11) is 0. The van der Waals surface area contributed by atoms with Gasteiger partial charge in [0.1, 0.15) is 4.84 Å². The maximum Gasteiger partial charge on any atom is 0.194 e. The molecule has 0 N–H and O–H groups in total. The highest BCUT2D eigenvalue weighted by Crippen LogP contribution is 2.30. The molecule has 0 amide bonds. The van der Waals surface area contributed by atoms with Crippen molar-refractivity contribution in [1.82, 2.24) is 0 Å². The number of hydrogen-bond acceptors (Lipinski definition) is 0. The number of rotatable bonds is 1. The maximum absolute atomic E-state index is 12.9. The summed E-state index contributed by atoms with van der Waals surface area (Å²) in [5, 5.41) is 0. The molecule has 0 aliphatic rings. The molecule has 1 aromatic rings. The molecule has 0 spiro atoms. The molecule has 0 saturated carbocycles. The molecule has 0 radical (unpaired) electrons. The van der Waals surface area contributed by atoms with Crippen LogP contribution in [0.4, 0.5) is 13.2 Å². The zero-order valence-electron chi connectivity index (χ0n) is 6.54. The Morgan fingerprint density at radius 2 is 1.69 bits per heavy atom. The van der Waals surface area contributed by atoms with Crippen LogP contribution in [0.15, 0.2) is 6.07 Å². The third kappa shape index (κ3) is 1.92. The van der Waals surface area contributed by atoms with E-state index in [0.717, 1.165) is 6.07 Å². The highest BCUT2D eigenvalue weighted by molar-refractivity contribution is 6.44. The van der Waals surface area contributed by atoms with E-state index >= 15 is 0 Å². The minimum Gasteiger partial charge on any atom is -0.204 e. The van der Waals surface area contributed by atoms with E-state index < -0.39 is 22.3 Å². The van der Waals surface area contributed by atoms with E-state index in [1.165, 1.54) is 6.92 Å². The van der Waals surface area contributed by atoms with E-state index in [0.29, 0.717) is 0 Å². The van der Waals surface area contributed by atoms with E-state index in [1.807, 2.05) is 0 Å². The predicted molar refractivity (Wildman–Crippen MR) is 45.5 cm³/mol. The molecule has 13 heavy (non-hydrogen) atoms. The summed E-state index contributed by atoms with van der Waals surface area (Å²) in [6.45, 7) is 1.28. The zero-order valence-corrected chi connectivity index (χ0v) is 8.06. The van der Waals surface area contributed by atoms with Crippen LogP contribution in [-0.2, 0) is 0 Å². The van der Waals surface area contributed by atoms with Crippen LogP contribution in [0.25, 0.3) is 0 Å². The van der Waals surface area contributed by atoms with Crippen molar-refractivity contribution in [2.24, 2.45) is 0 Å². The van der Waals surface area contributed by atoms with Gasteiger partial charge in [-0.1, -0.05) is 0 Å². The summed E-state index contributed by atoms with van der Waals surface area (Å²) >= 11 is 10.8. The molecule has 0 atom stereocenters. The first kappa shape index (κ1) is 10.7. The lowest BCUT2D eigenvalue weighted by Crippen LogP contribution is -1.99. The SMILES string of the molecule is Cc1c(C(Cl)Cl)cc(F)c(F)c1F. The van der Waals surface area contributed by atoms with Crippen LogP contribution in [-0.4, -0.2) is 0 Å². The van der Waals surface area contributed by atoms with Gasteiger partial charge in [-0.3, -0.25) is 0 Å². The summed E-state index contributed by atoms with van der Waals surface area (Å²) < 4.78 is 38.1. The Kier molecular flexibility index (Phi) is 3.09. The van der Waals surface area contributed by atoms with Crippen molar-refractivity contribution in [2.75, 3.05) is 0 Å². The van der Waals surface area contributed by atoms with Gasteiger partial charge in [0.2, 0.25) is 0 Å². The fourth-order valence-corrected chi connectivity index (χ4v) is 1.38. The van der Waals surface area contributed by atoms with Gasteiger partial charge in [0.15, 0.2) is 17.5 Å². The zero-order chi connectivity index (χ0) is 10.2. The summed E-state index contributed by atoms with van der Waals surface area (Å²) in [5.74, 6) is -4.04. The van der Waals surface area contributed by atoms with Crippen LogP contribution in [0.3, 0.4) is 0 Å². The molecule has 0 bridgehead atoms. The molecule has 0 aromatic heterocycles. The van der Waals surface area contributed by atoms with Crippen molar-refractivity contribution in [3.63, 3.8) is 0 Å². The summed E-state index contributed by atoms with van der Waals surface area (Å²) in [5.41, 5.74) is -0.0337. The van der Waals surface area contributed by atoms with E-state index in [-0.39, 0.29) is 11.1 Å². The molecular formula is C8H5Cl2F3. The molecule has 1 aromatic carbocycles. The van der Waals surface area contributed by atoms with Gasteiger partial charge in [0, 0.05) is 0 Å². The molecule has 0 unspecified atom stereocenters. The van der Waals surface area contributed by atoms with Gasteiger partial charge in [-0.25, -0.2) is 13.2 Å². The van der Waals surface area contributed by atoms with Crippen molar-refractivity contribution in [1.29, 1.82) is 0 Å². The number of halogens is 5. The normalized spacial score (nSPS) is 11.0. The Morgan fingerprint density at radius 1 is 1.15 bits per heavy atom. The number of hydrogen-bond donors (Lipinski definition) is 0. The maximum atomic E-state index is 12.9. The molecule has 0 saturated heterocycles. The quantitative estimate of drug-likeness (QED) is 0.506. The van der Waals surface area contributed by atoms with Crippen molar-refractivity contribution < 1.29 is 13.2 Å². The highest BCUT2D eigenvalue weighted by Gasteiger charge is 2.18. The number of alkyl halides is 2. The van der Waals surface area contributed by atoms with Crippen LogP contribution in [0.5, 0.6) is 0 Å². The van der Waals surface area contributed by atoms with Gasteiger partial charge in [-0.2, -0.15) is 0 Å². The average Bonchev–Trinajstić information content (AvgIpc) is 2.07. The highest BCUT2D eigenvalue weighted by atomic mass is 35.5. The van der Waals surface area contributed by atoms with Gasteiger partial charge in [-0.05, 0) is 24.1 Å². The molecule has 0 heterocycles. The molecule has 0 aliphatic carbocycles. The van der Waals surface area contributed by atoms with E-state index in [1.54, 1.807) is 0 Å². The first-order valence-corrected chi connectivity index (χ1v) is 4.24. The fraction of sp³-hybridized carbons (Fsp3) is 0.250. The van der Waals surface area contributed by atoms with Crippen molar-refractivity contribution >= 4 is 23.2 Å². The monoisotopic (exact) mass is 228 g/mol. The molecule has 72 valence electrons. The van der Waals surface area contributed by atoms with Gasteiger partial charge in [0.05, 0.1) is 0 Å². The number of benzene rings is 1. The van der Waals surface area contributed by atoms with E-state index in [4.69, 9.17) is 23.2 Å². The minimum atomic E-state index is -1.50. The second kappa shape index (κ2) is 3.76. The van der Waals surface area contributed by atoms with Crippen LogP contribution >= 0.6 is 23.2 Å². The summed E-state index contributed by atoms with van der Waals surface area (Å²) in [4.78, 5) is -1.07. The Bertz CT molecular complexity index is 337. The second-order valence-electron chi connectivity index (χ2n) is 2.50. The third-order valence-electron chi connectivity index (χ3n) is 1.68. The summed E-state index contributed by atoms with van der Waals surface area (Å²) in [6, 6.07) is 0.790. The molecule has 5 heteroatoms. The Labute approximate surface area is 83.3 Å². The fourth-order valence-electron chi connectivity index (χ4n) is 0.931. The molecule has 0 aliphatic heterocycles. The standard InChI is InChI=1S/C8H5Cl2F3/c1-3-4(8(9)10)2-5(11)7(13)6(3)12/h2,8H,1H3. The lowest BCUT2D eigenvalue weighted by Gasteiger charge is -2.08. The van der Waals surface area contributed by atoms with Gasteiger partial charge in [-0.15, -0.1) is 23.2 Å². The van der Waals surface area contributed by atoms with Gasteiger partial charge in [0.25, 0.3) is 0 Å². The first-order chi connectivity index (χ1) is 5.95. The summed E-state index contributed by atoms with van der Waals surface area (Å²) in [6.07, 6.45) is 0. The third-order valence-corrected chi connectivity index (χ3v) is 2.15. The van der Waals surface area contributed by atoms with Crippen molar-refractivity contribution in [3.8, 4) is 0 Å². The lowest BCUT2D eigenvalue weighted by molar-refractivity contribution is 0.442. The van der Waals surface area contributed by atoms with Crippen LogP contribution in [0, 0.1) is 24.4 Å². The Balaban J connectivity index is 3.41. The van der Waals surface area contributed by atoms with E-state index in [9.17, 15) is 13.2 Å². The largest absolute Gasteiger partial charge is 0.204 e. The van der Waals surface area contributed by atoms with Gasteiger partial charge < -0.3 is 0 Å². The predicted octanol–water partition coefficient (Wildman–Crippen LogP) is 3.89. The molecule has 1 rings (SSSR count). The van der Waals surface area contributed by atoms with Crippen LogP contribution in [0.1, 0.15) is 16.0 Å². The smallest absolute Gasteiger partial charge is 0.194 e. The minimum absolute atomic E-state index is 0.0414. The van der Waals surface area contributed by atoms with Gasteiger partial charge >= 0.3 is 0 Å². The topological polar surface area (TPSA) is 0 Å². The lowest BCUT2D eigenvalue weighted by atomic mass is 10.1.